The molecule has 4 nitrogen and oxygen atoms in total. The molecule has 0 saturated carbocycles. The van der Waals surface area contributed by atoms with Crippen molar-refractivity contribution in [3.05, 3.63) is 0 Å². The van der Waals surface area contributed by atoms with Crippen LogP contribution in [0.2, 0.25) is 0 Å². The van der Waals surface area contributed by atoms with Gasteiger partial charge >= 0.3 is 5.97 Å². The summed E-state index contributed by atoms with van der Waals surface area (Å²) in [4.78, 5) is 13.0. The maximum Gasteiger partial charge on any atom is 0.303 e. The smallest absolute Gasteiger partial charge is 0.303 e. The summed E-state index contributed by atoms with van der Waals surface area (Å²) < 4.78 is 0. The van der Waals surface area contributed by atoms with Gasteiger partial charge in [-0.2, -0.15) is 0 Å². The summed E-state index contributed by atoms with van der Waals surface area (Å²) in [5, 5.41) is 12.2. The largest absolute Gasteiger partial charge is 0.481 e. The lowest BCUT2D eigenvalue weighted by Crippen LogP contribution is -2.45. The van der Waals surface area contributed by atoms with Crippen molar-refractivity contribution in [1.82, 2.24) is 10.2 Å². The molecule has 2 aliphatic rings. The summed E-state index contributed by atoms with van der Waals surface area (Å²) in [6.45, 7) is 3.50. The molecule has 2 saturated heterocycles. The summed E-state index contributed by atoms with van der Waals surface area (Å²) >= 11 is 0. The minimum atomic E-state index is -0.677. The molecule has 0 aromatic heterocycles. The SMILES string of the molecule is O=C(O)CCCCNC1CCN2CCCCC12. The molecule has 0 amide bonds. The number of rotatable bonds is 6. The number of nitrogens with one attached hydrogen (secondary N) is 1. The highest BCUT2D eigenvalue weighted by atomic mass is 16.4. The van der Waals surface area contributed by atoms with Crippen LogP contribution < -0.4 is 5.32 Å². The number of hydrogen-bond donors (Lipinski definition) is 2. The minimum Gasteiger partial charge on any atom is -0.481 e. The Bertz CT molecular complexity index is 258. The highest BCUT2D eigenvalue weighted by molar-refractivity contribution is 5.66. The van der Waals surface area contributed by atoms with E-state index >= 15 is 0 Å². The molecule has 0 radical (unpaired) electrons. The lowest BCUT2D eigenvalue weighted by atomic mass is 9.99. The first-order valence-electron chi connectivity index (χ1n) is 6.96. The Kier molecular flexibility index (Phi) is 4.80. The molecule has 0 aliphatic carbocycles. The minimum absolute atomic E-state index is 0.307. The molecule has 98 valence electrons. The molecule has 0 aromatic rings. The van der Waals surface area contributed by atoms with E-state index < -0.39 is 5.97 Å². The summed E-state index contributed by atoms with van der Waals surface area (Å²) in [5.41, 5.74) is 0. The van der Waals surface area contributed by atoms with E-state index in [1.807, 2.05) is 0 Å². The molecule has 0 bridgehead atoms. The predicted molar refractivity (Wildman–Crippen MR) is 67.1 cm³/mol. The van der Waals surface area contributed by atoms with Gasteiger partial charge in [-0.25, -0.2) is 0 Å². The molecular weight excluding hydrogens is 216 g/mol. The van der Waals surface area contributed by atoms with Crippen LogP contribution in [0.1, 0.15) is 44.9 Å². The van der Waals surface area contributed by atoms with Crippen LogP contribution >= 0.6 is 0 Å². The van der Waals surface area contributed by atoms with E-state index in [2.05, 4.69) is 10.2 Å². The number of fused-ring (bicyclic) bond motifs is 1. The zero-order valence-corrected chi connectivity index (χ0v) is 10.5. The van der Waals surface area contributed by atoms with Crippen LogP contribution in [0.15, 0.2) is 0 Å². The Morgan fingerprint density at radius 3 is 2.94 bits per heavy atom. The van der Waals surface area contributed by atoms with Gasteiger partial charge in [0.05, 0.1) is 0 Å². The zero-order valence-electron chi connectivity index (χ0n) is 10.5. The van der Waals surface area contributed by atoms with Gasteiger partial charge in [0, 0.05) is 25.0 Å². The quantitative estimate of drug-likeness (QED) is 0.690. The number of nitrogens with zero attached hydrogens (tertiary/aromatic N) is 1. The van der Waals surface area contributed by atoms with Crippen LogP contribution in [-0.2, 0) is 4.79 Å². The van der Waals surface area contributed by atoms with E-state index in [0.29, 0.717) is 12.5 Å². The third kappa shape index (κ3) is 3.68. The Hall–Kier alpha value is -0.610. The fourth-order valence-corrected chi connectivity index (χ4v) is 3.17. The average Bonchev–Trinajstić information content (AvgIpc) is 2.72. The second-order valence-electron chi connectivity index (χ2n) is 5.30. The first kappa shape index (κ1) is 12.8. The molecular formula is C13H24N2O2. The Labute approximate surface area is 103 Å². The van der Waals surface area contributed by atoms with Crippen molar-refractivity contribution in [3.8, 4) is 0 Å². The van der Waals surface area contributed by atoms with E-state index in [0.717, 1.165) is 25.4 Å². The van der Waals surface area contributed by atoms with Crippen molar-refractivity contribution in [2.45, 2.75) is 57.0 Å². The third-order valence-electron chi connectivity index (χ3n) is 4.08. The highest BCUT2D eigenvalue weighted by Gasteiger charge is 2.34. The van der Waals surface area contributed by atoms with Crippen molar-refractivity contribution in [1.29, 1.82) is 0 Å². The monoisotopic (exact) mass is 240 g/mol. The molecule has 2 heterocycles. The lowest BCUT2D eigenvalue weighted by Gasteiger charge is -2.32. The molecule has 2 fully saturated rings. The lowest BCUT2D eigenvalue weighted by molar-refractivity contribution is -0.137. The normalized spacial score (nSPS) is 29.2. The Morgan fingerprint density at radius 2 is 2.12 bits per heavy atom. The summed E-state index contributed by atoms with van der Waals surface area (Å²) in [6, 6.07) is 1.41. The fourth-order valence-electron chi connectivity index (χ4n) is 3.17. The Morgan fingerprint density at radius 1 is 1.24 bits per heavy atom. The van der Waals surface area contributed by atoms with Crippen molar-refractivity contribution >= 4 is 5.97 Å². The number of carboxylic acid groups (broad SMARTS) is 1. The molecule has 4 heteroatoms. The first-order chi connectivity index (χ1) is 8.27. The molecule has 2 unspecified atom stereocenters. The zero-order chi connectivity index (χ0) is 12.1. The van der Waals surface area contributed by atoms with Crippen molar-refractivity contribution in [2.75, 3.05) is 19.6 Å². The van der Waals surface area contributed by atoms with Crippen LogP contribution in [0.25, 0.3) is 0 Å². The second-order valence-corrected chi connectivity index (χ2v) is 5.30. The van der Waals surface area contributed by atoms with Crippen LogP contribution in [0, 0.1) is 0 Å². The molecule has 0 spiro atoms. The van der Waals surface area contributed by atoms with Crippen LogP contribution in [-0.4, -0.2) is 47.7 Å². The summed E-state index contributed by atoms with van der Waals surface area (Å²) in [5.74, 6) is -0.677. The first-order valence-corrected chi connectivity index (χ1v) is 6.96. The standard InChI is InChI=1S/C13H24N2O2/c16-13(17)6-1-3-8-14-11-7-10-15-9-4-2-5-12(11)15/h11-12,14H,1-10H2,(H,16,17). The molecule has 17 heavy (non-hydrogen) atoms. The van der Waals surface area contributed by atoms with Gasteiger partial charge in [-0.1, -0.05) is 6.42 Å². The van der Waals surface area contributed by atoms with Crippen LogP contribution in [0.3, 0.4) is 0 Å². The van der Waals surface area contributed by atoms with E-state index in [9.17, 15) is 4.79 Å². The maximum absolute atomic E-state index is 10.4. The third-order valence-corrected chi connectivity index (χ3v) is 4.08. The predicted octanol–water partition coefficient (Wildman–Crippen LogP) is 1.46. The molecule has 0 aromatic carbocycles. The fraction of sp³-hybridized carbons (Fsp3) is 0.923. The summed E-state index contributed by atoms with van der Waals surface area (Å²) in [7, 11) is 0. The van der Waals surface area contributed by atoms with Gasteiger partial charge in [0.2, 0.25) is 0 Å². The van der Waals surface area contributed by atoms with E-state index in [1.54, 1.807) is 0 Å². The molecule has 2 N–H and O–H groups in total. The Balaban J connectivity index is 1.61. The van der Waals surface area contributed by atoms with Gasteiger partial charge in [-0.05, 0) is 45.2 Å². The maximum atomic E-state index is 10.4. The number of piperidine rings is 1. The van der Waals surface area contributed by atoms with Gasteiger partial charge in [-0.15, -0.1) is 0 Å². The van der Waals surface area contributed by atoms with Crippen molar-refractivity contribution in [2.24, 2.45) is 0 Å². The number of aliphatic carboxylic acids is 1. The van der Waals surface area contributed by atoms with Crippen molar-refractivity contribution < 1.29 is 9.90 Å². The topological polar surface area (TPSA) is 52.6 Å². The number of carbonyl (C=O) groups is 1. The number of unbranched alkanes of at least 4 members (excludes halogenated alkanes) is 1. The van der Waals surface area contributed by atoms with Gasteiger partial charge in [0.15, 0.2) is 0 Å². The highest BCUT2D eigenvalue weighted by Crippen LogP contribution is 2.26. The molecule has 2 atom stereocenters. The van der Waals surface area contributed by atoms with Gasteiger partial charge in [0.25, 0.3) is 0 Å². The van der Waals surface area contributed by atoms with Crippen LogP contribution in [0.4, 0.5) is 0 Å². The second kappa shape index (κ2) is 6.36. The van der Waals surface area contributed by atoms with Crippen LogP contribution in [0.5, 0.6) is 0 Å². The average molecular weight is 240 g/mol. The van der Waals surface area contributed by atoms with E-state index in [-0.39, 0.29) is 0 Å². The van der Waals surface area contributed by atoms with E-state index in [4.69, 9.17) is 5.11 Å². The van der Waals surface area contributed by atoms with Gasteiger partial charge < -0.3 is 10.4 Å². The van der Waals surface area contributed by atoms with E-state index in [1.165, 1.54) is 38.8 Å². The summed E-state index contributed by atoms with van der Waals surface area (Å²) in [6.07, 6.45) is 7.43. The van der Waals surface area contributed by atoms with Gasteiger partial charge in [-0.3, -0.25) is 9.69 Å². The molecule has 2 rings (SSSR count). The van der Waals surface area contributed by atoms with Crippen molar-refractivity contribution in [3.63, 3.8) is 0 Å². The number of hydrogen-bond acceptors (Lipinski definition) is 3. The van der Waals surface area contributed by atoms with Gasteiger partial charge in [0.1, 0.15) is 0 Å². The molecule has 2 aliphatic heterocycles. The number of carboxylic acids is 1.